The van der Waals surface area contributed by atoms with Crippen LogP contribution >= 0.6 is 0 Å². The molecule has 0 rings (SSSR count). The van der Waals surface area contributed by atoms with Crippen molar-refractivity contribution in [1.82, 2.24) is 0 Å². The van der Waals surface area contributed by atoms with E-state index in [0.29, 0.717) is 25.7 Å². The minimum absolute atomic E-state index is 0.197. The number of unbranched alkanes of at least 4 members (excludes halogenated alkanes) is 2. The smallest absolute Gasteiger partial charge is 0.330 e. The number of hydrogen-bond donors (Lipinski definition) is 0. The molecule has 0 aromatic carbocycles. The fourth-order valence-electron chi connectivity index (χ4n) is 1.45. The topological polar surface area (TPSA) is 69.7 Å². The maximum atomic E-state index is 11.5. The first kappa shape index (κ1) is 18.1. The van der Waals surface area contributed by atoms with E-state index in [1.54, 1.807) is 12.2 Å². The number of carbonyl (C=O) groups is 3. The standard InChI is InChI=1S/C15H22O5/c1-19-14(17)11-7-3-5-9-13(16)10-6-4-8-12-15(18)20-2/h7-8,11-12H,3-6,9-10H2,1-2H3/b11-7+,12-8+. The van der Waals surface area contributed by atoms with Gasteiger partial charge in [0.2, 0.25) is 0 Å². The van der Waals surface area contributed by atoms with E-state index < -0.39 is 0 Å². The Balaban J connectivity index is 3.55. The molecule has 0 bridgehead atoms. The largest absolute Gasteiger partial charge is 0.466 e. The summed E-state index contributed by atoms with van der Waals surface area (Å²) in [7, 11) is 2.65. The highest BCUT2D eigenvalue weighted by atomic mass is 16.5. The van der Waals surface area contributed by atoms with Crippen molar-refractivity contribution in [3.05, 3.63) is 24.3 Å². The highest BCUT2D eigenvalue weighted by molar-refractivity contribution is 5.82. The van der Waals surface area contributed by atoms with E-state index in [9.17, 15) is 14.4 Å². The van der Waals surface area contributed by atoms with Gasteiger partial charge in [0.15, 0.2) is 0 Å². The van der Waals surface area contributed by atoms with Crippen molar-refractivity contribution < 1.29 is 23.9 Å². The van der Waals surface area contributed by atoms with Gasteiger partial charge in [-0.2, -0.15) is 0 Å². The summed E-state index contributed by atoms with van der Waals surface area (Å²) in [5.41, 5.74) is 0. The van der Waals surface area contributed by atoms with Crippen molar-refractivity contribution in [2.24, 2.45) is 0 Å². The highest BCUT2D eigenvalue weighted by Crippen LogP contribution is 2.05. The molecule has 0 aromatic heterocycles. The van der Waals surface area contributed by atoms with E-state index in [-0.39, 0.29) is 17.7 Å². The van der Waals surface area contributed by atoms with Crippen molar-refractivity contribution >= 4 is 17.7 Å². The summed E-state index contributed by atoms with van der Waals surface area (Å²) in [6.45, 7) is 0. The molecular weight excluding hydrogens is 260 g/mol. The third-order valence-electron chi connectivity index (χ3n) is 2.56. The van der Waals surface area contributed by atoms with Gasteiger partial charge in [-0.05, 0) is 25.7 Å². The van der Waals surface area contributed by atoms with Crippen LogP contribution in [0.2, 0.25) is 0 Å². The van der Waals surface area contributed by atoms with E-state index in [0.717, 1.165) is 12.8 Å². The Morgan fingerprint density at radius 2 is 1.20 bits per heavy atom. The van der Waals surface area contributed by atoms with Gasteiger partial charge < -0.3 is 9.47 Å². The summed E-state index contributed by atoms with van der Waals surface area (Å²) in [4.78, 5) is 33.1. The average molecular weight is 282 g/mol. The third-order valence-corrected chi connectivity index (χ3v) is 2.56. The Bertz CT molecular complexity index is 334. The zero-order chi connectivity index (χ0) is 15.2. The number of hydrogen-bond acceptors (Lipinski definition) is 5. The first-order chi connectivity index (χ1) is 9.60. The van der Waals surface area contributed by atoms with E-state index in [1.807, 2.05) is 0 Å². The van der Waals surface area contributed by atoms with Crippen LogP contribution in [0.5, 0.6) is 0 Å². The molecule has 0 fully saturated rings. The molecule has 0 heterocycles. The maximum absolute atomic E-state index is 11.5. The first-order valence-corrected chi connectivity index (χ1v) is 6.60. The molecule has 0 saturated heterocycles. The summed E-state index contributed by atoms with van der Waals surface area (Å²) in [6, 6.07) is 0. The SMILES string of the molecule is COC(=O)/C=C/CCCC(=O)CCC/C=C/C(=O)OC. The van der Waals surface area contributed by atoms with Gasteiger partial charge in [-0.25, -0.2) is 9.59 Å². The van der Waals surface area contributed by atoms with Crippen LogP contribution in [0.3, 0.4) is 0 Å². The van der Waals surface area contributed by atoms with Crippen LogP contribution in [0, 0.1) is 0 Å². The van der Waals surface area contributed by atoms with Gasteiger partial charge in [0, 0.05) is 25.0 Å². The van der Waals surface area contributed by atoms with Crippen molar-refractivity contribution in [3.8, 4) is 0 Å². The van der Waals surface area contributed by atoms with Gasteiger partial charge in [0.25, 0.3) is 0 Å². The first-order valence-electron chi connectivity index (χ1n) is 6.60. The summed E-state index contributed by atoms with van der Waals surface area (Å²) >= 11 is 0. The number of methoxy groups -OCH3 is 2. The summed E-state index contributed by atoms with van der Waals surface area (Å²) < 4.78 is 8.89. The fraction of sp³-hybridized carbons (Fsp3) is 0.533. The number of Topliss-reactive ketones (excluding diaryl/α,β-unsaturated/α-hetero) is 1. The minimum atomic E-state index is -0.381. The molecule has 0 saturated carbocycles. The van der Waals surface area contributed by atoms with Crippen LogP contribution in [-0.2, 0) is 23.9 Å². The molecule has 5 nitrogen and oxygen atoms in total. The molecule has 0 N–H and O–H groups in total. The molecule has 0 aromatic rings. The second-order valence-electron chi connectivity index (χ2n) is 4.17. The van der Waals surface area contributed by atoms with Crippen molar-refractivity contribution in [2.45, 2.75) is 38.5 Å². The summed E-state index contributed by atoms with van der Waals surface area (Å²) in [5.74, 6) is -0.564. The van der Waals surface area contributed by atoms with Gasteiger partial charge in [-0.1, -0.05) is 12.2 Å². The lowest BCUT2D eigenvalue weighted by molar-refractivity contribution is -0.135. The molecule has 0 spiro atoms. The molecule has 0 aliphatic carbocycles. The Labute approximate surface area is 119 Å². The lowest BCUT2D eigenvalue weighted by atomic mass is 10.1. The molecule has 0 amide bonds. The van der Waals surface area contributed by atoms with Crippen molar-refractivity contribution in [3.63, 3.8) is 0 Å². The lowest BCUT2D eigenvalue weighted by Gasteiger charge is -1.98. The molecule has 0 atom stereocenters. The van der Waals surface area contributed by atoms with Gasteiger partial charge in [-0.15, -0.1) is 0 Å². The molecule has 5 heteroatoms. The zero-order valence-corrected chi connectivity index (χ0v) is 12.1. The number of rotatable bonds is 10. The Hall–Kier alpha value is -1.91. The Morgan fingerprint density at radius 3 is 1.55 bits per heavy atom. The molecule has 112 valence electrons. The third kappa shape index (κ3) is 11.2. The number of ketones is 1. The second-order valence-corrected chi connectivity index (χ2v) is 4.17. The Kier molecular flexibility index (Phi) is 11.0. The normalized spacial score (nSPS) is 10.9. The molecule has 0 aliphatic rings. The van der Waals surface area contributed by atoms with Gasteiger partial charge in [0.05, 0.1) is 14.2 Å². The number of ether oxygens (including phenoxy) is 2. The van der Waals surface area contributed by atoms with Crippen LogP contribution in [0.4, 0.5) is 0 Å². The molecule has 0 aliphatic heterocycles. The van der Waals surface area contributed by atoms with E-state index in [1.165, 1.54) is 26.4 Å². The van der Waals surface area contributed by atoms with Gasteiger partial charge >= 0.3 is 11.9 Å². The number of esters is 2. The minimum Gasteiger partial charge on any atom is -0.466 e. The molecule has 0 unspecified atom stereocenters. The predicted octanol–water partition coefficient (Wildman–Crippen LogP) is 2.35. The maximum Gasteiger partial charge on any atom is 0.330 e. The number of carbonyl (C=O) groups excluding carboxylic acids is 3. The monoisotopic (exact) mass is 282 g/mol. The summed E-state index contributed by atoms with van der Waals surface area (Å²) in [5, 5.41) is 0. The van der Waals surface area contributed by atoms with Crippen LogP contribution in [0.25, 0.3) is 0 Å². The van der Waals surface area contributed by atoms with Crippen LogP contribution in [-0.4, -0.2) is 31.9 Å². The van der Waals surface area contributed by atoms with Crippen molar-refractivity contribution in [1.29, 1.82) is 0 Å². The van der Waals surface area contributed by atoms with Crippen molar-refractivity contribution in [2.75, 3.05) is 14.2 Å². The van der Waals surface area contributed by atoms with Crippen LogP contribution < -0.4 is 0 Å². The van der Waals surface area contributed by atoms with Crippen LogP contribution in [0.1, 0.15) is 38.5 Å². The van der Waals surface area contributed by atoms with Gasteiger partial charge in [-0.3, -0.25) is 4.79 Å². The Morgan fingerprint density at radius 1 is 0.800 bits per heavy atom. The highest BCUT2D eigenvalue weighted by Gasteiger charge is 2.00. The molecule has 0 radical (unpaired) electrons. The molecular formula is C15H22O5. The number of allylic oxidation sites excluding steroid dienone is 2. The van der Waals surface area contributed by atoms with E-state index in [4.69, 9.17) is 0 Å². The fourth-order valence-corrected chi connectivity index (χ4v) is 1.45. The summed E-state index contributed by atoms with van der Waals surface area (Å²) in [6.07, 6.45) is 9.97. The van der Waals surface area contributed by atoms with Gasteiger partial charge in [0.1, 0.15) is 5.78 Å². The predicted molar refractivity (Wildman–Crippen MR) is 75.0 cm³/mol. The quantitative estimate of drug-likeness (QED) is 0.349. The van der Waals surface area contributed by atoms with E-state index >= 15 is 0 Å². The average Bonchev–Trinajstić information content (AvgIpc) is 2.45. The second kappa shape index (κ2) is 12.1. The lowest BCUT2D eigenvalue weighted by Crippen LogP contribution is -1.97. The molecule has 20 heavy (non-hydrogen) atoms. The van der Waals surface area contributed by atoms with E-state index in [2.05, 4.69) is 9.47 Å². The zero-order valence-electron chi connectivity index (χ0n) is 12.1. The van der Waals surface area contributed by atoms with Crippen LogP contribution in [0.15, 0.2) is 24.3 Å².